The smallest absolute Gasteiger partial charge is 0.332 e. The van der Waals surface area contributed by atoms with Gasteiger partial charge in [-0.2, -0.15) is 0 Å². The lowest BCUT2D eigenvalue weighted by atomic mass is 10.2. The molecule has 0 aliphatic carbocycles. The summed E-state index contributed by atoms with van der Waals surface area (Å²) in [6.45, 7) is 11.5. The number of hydrogen-bond donors (Lipinski definition) is 2. The molecule has 19 heavy (non-hydrogen) atoms. The standard InChI is InChI=1S/C14H28N2O3/c1-10(2)16(11(3)4)8-7-15-9-12-5-6-13(19-12)14(17)18/h10-13,15H,5-9H2,1-4H3,(H,17,18). The number of carboxylic acid groups (broad SMARTS) is 1. The van der Waals surface area contributed by atoms with Gasteiger partial charge in [-0.1, -0.05) is 0 Å². The minimum absolute atomic E-state index is 0.0487. The van der Waals surface area contributed by atoms with Crippen LogP contribution < -0.4 is 5.32 Å². The Hall–Kier alpha value is -0.650. The van der Waals surface area contributed by atoms with E-state index in [4.69, 9.17) is 9.84 Å². The van der Waals surface area contributed by atoms with Crippen molar-refractivity contribution in [3.63, 3.8) is 0 Å². The second-order valence-corrected chi connectivity index (χ2v) is 5.79. The summed E-state index contributed by atoms with van der Waals surface area (Å²) in [6, 6.07) is 1.09. The van der Waals surface area contributed by atoms with E-state index in [-0.39, 0.29) is 6.10 Å². The molecule has 0 aromatic carbocycles. The van der Waals surface area contributed by atoms with E-state index in [1.807, 2.05) is 0 Å². The van der Waals surface area contributed by atoms with Crippen LogP contribution in [0.3, 0.4) is 0 Å². The van der Waals surface area contributed by atoms with Gasteiger partial charge in [0.2, 0.25) is 0 Å². The van der Waals surface area contributed by atoms with Gasteiger partial charge in [0, 0.05) is 31.7 Å². The lowest BCUT2D eigenvalue weighted by Gasteiger charge is -2.30. The molecule has 0 spiro atoms. The van der Waals surface area contributed by atoms with Crippen molar-refractivity contribution in [2.45, 2.75) is 64.8 Å². The second kappa shape index (κ2) is 7.82. The van der Waals surface area contributed by atoms with E-state index in [1.165, 1.54) is 0 Å². The van der Waals surface area contributed by atoms with E-state index < -0.39 is 12.1 Å². The van der Waals surface area contributed by atoms with Crippen molar-refractivity contribution in [3.8, 4) is 0 Å². The first-order chi connectivity index (χ1) is 8.91. The summed E-state index contributed by atoms with van der Waals surface area (Å²) >= 11 is 0. The van der Waals surface area contributed by atoms with Gasteiger partial charge in [-0.25, -0.2) is 4.79 Å². The molecule has 5 heteroatoms. The van der Waals surface area contributed by atoms with Crippen LogP contribution in [0.4, 0.5) is 0 Å². The second-order valence-electron chi connectivity index (χ2n) is 5.79. The van der Waals surface area contributed by atoms with Crippen LogP contribution in [0.2, 0.25) is 0 Å². The molecule has 0 radical (unpaired) electrons. The number of aliphatic carboxylic acids is 1. The summed E-state index contributed by atoms with van der Waals surface area (Å²) < 4.78 is 5.45. The summed E-state index contributed by atoms with van der Waals surface area (Å²) in [5, 5.41) is 12.2. The molecule has 0 bridgehead atoms. The molecule has 0 amide bonds. The highest BCUT2D eigenvalue weighted by molar-refractivity contribution is 5.72. The van der Waals surface area contributed by atoms with Gasteiger partial charge in [0.25, 0.3) is 0 Å². The lowest BCUT2D eigenvalue weighted by molar-refractivity contribution is -0.149. The zero-order valence-electron chi connectivity index (χ0n) is 12.6. The van der Waals surface area contributed by atoms with Crippen molar-refractivity contribution in [3.05, 3.63) is 0 Å². The molecule has 1 rings (SSSR count). The fourth-order valence-corrected chi connectivity index (χ4v) is 2.62. The molecule has 0 saturated carbocycles. The van der Waals surface area contributed by atoms with E-state index in [0.717, 1.165) is 26.1 Å². The van der Waals surface area contributed by atoms with E-state index in [2.05, 4.69) is 37.9 Å². The molecule has 1 aliphatic rings. The lowest BCUT2D eigenvalue weighted by Crippen LogP contribution is -2.42. The van der Waals surface area contributed by atoms with Crippen molar-refractivity contribution in [2.75, 3.05) is 19.6 Å². The van der Waals surface area contributed by atoms with Gasteiger partial charge in [-0.15, -0.1) is 0 Å². The molecule has 0 aromatic heterocycles. The number of carboxylic acids is 1. The summed E-state index contributed by atoms with van der Waals surface area (Å²) in [5.41, 5.74) is 0. The molecule has 1 saturated heterocycles. The van der Waals surface area contributed by atoms with Gasteiger partial charge in [0.05, 0.1) is 6.10 Å². The van der Waals surface area contributed by atoms with Crippen LogP contribution in [-0.2, 0) is 9.53 Å². The Morgan fingerprint density at radius 1 is 1.32 bits per heavy atom. The number of rotatable bonds is 8. The number of nitrogens with zero attached hydrogens (tertiary/aromatic N) is 1. The predicted molar refractivity (Wildman–Crippen MR) is 75.4 cm³/mol. The van der Waals surface area contributed by atoms with Crippen LogP contribution >= 0.6 is 0 Å². The Balaban J connectivity index is 2.16. The molecule has 2 N–H and O–H groups in total. The van der Waals surface area contributed by atoms with Crippen molar-refractivity contribution in [1.29, 1.82) is 0 Å². The Morgan fingerprint density at radius 3 is 2.42 bits per heavy atom. The van der Waals surface area contributed by atoms with Crippen molar-refractivity contribution in [2.24, 2.45) is 0 Å². The van der Waals surface area contributed by atoms with Crippen LogP contribution in [0.15, 0.2) is 0 Å². The number of ether oxygens (including phenoxy) is 1. The quantitative estimate of drug-likeness (QED) is 0.653. The normalized spacial score (nSPS) is 23.7. The fourth-order valence-electron chi connectivity index (χ4n) is 2.62. The molecule has 2 unspecified atom stereocenters. The average Bonchev–Trinajstić information content (AvgIpc) is 2.76. The third-order valence-electron chi connectivity index (χ3n) is 3.63. The van der Waals surface area contributed by atoms with Gasteiger partial charge in [-0.3, -0.25) is 4.90 Å². The zero-order chi connectivity index (χ0) is 14.4. The van der Waals surface area contributed by atoms with Crippen LogP contribution in [0.25, 0.3) is 0 Å². The van der Waals surface area contributed by atoms with Crippen molar-refractivity contribution >= 4 is 5.97 Å². The van der Waals surface area contributed by atoms with Gasteiger partial charge < -0.3 is 15.2 Å². The van der Waals surface area contributed by atoms with Crippen LogP contribution in [0.1, 0.15) is 40.5 Å². The van der Waals surface area contributed by atoms with Gasteiger partial charge >= 0.3 is 5.97 Å². The zero-order valence-corrected chi connectivity index (χ0v) is 12.6. The minimum Gasteiger partial charge on any atom is -0.479 e. The monoisotopic (exact) mass is 272 g/mol. The van der Waals surface area contributed by atoms with E-state index >= 15 is 0 Å². The summed E-state index contributed by atoms with van der Waals surface area (Å²) in [7, 11) is 0. The maximum absolute atomic E-state index is 10.8. The highest BCUT2D eigenvalue weighted by Gasteiger charge is 2.29. The van der Waals surface area contributed by atoms with E-state index in [1.54, 1.807) is 0 Å². The third kappa shape index (κ3) is 5.47. The first-order valence-corrected chi connectivity index (χ1v) is 7.26. The average molecular weight is 272 g/mol. The van der Waals surface area contributed by atoms with Crippen molar-refractivity contribution in [1.82, 2.24) is 10.2 Å². The van der Waals surface area contributed by atoms with Crippen LogP contribution in [-0.4, -0.2) is 59.9 Å². The number of hydrogen-bond acceptors (Lipinski definition) is 4. The first-order valence-electron chi connectivity index (χ1n) is 7.26. The molecular weight excluding hydrogens is 244 g/mol. The summed E-state index contributed by atoms with van der Waals surface area (Å²) in [5.74, 6) is -0.840. The number of nitrogens with one attached hydrogen (secondary N) is 1. The highest BCUT2D eigenvalue weighted by atomic mass is 16.5. The Labute approximate surface area is 116 Å². The van der Waals surface area contributed by atoms with E-state index in [0.29, 0.717) is 18.5 Å². The Bertz CT molecular complexity index is 274. The molecule has 5 nitrogen and oxygen atoms in total. The molecule has 1 heterocycles. The Kier molecular flexibility index (Phi) is 6.75. The fraction of sp³-hybridized carbons (Fsp3) is 0.929. The largest absolute Gasteiger partial charge is 0.479 e. The molecule has 1 aliphatic heterocycles. The molecule has 1 fully saturated rings. The number of carbonyl (C=O) groups is 1. The van der Waals surface area contributed by atoms with Gasteiger partial charge in [-0.05, 0) is 40.5 Å². The van der Waals surface area contributed by atoms with Crippen LogP contribution in [0.5, 0.6) is 0 Å². The van der Waals surface area contributed by atoms with Gasteiger partial charge in [0.1, 0.15) is 0 Å². The maximum Gasteiger partial charge on any atom is 0.332 e. The third-order valence-corrected chi connectivity index (χ3v) is 3.63. The molecule has 0 aromatic rings. The van der Waals surface area contributed by atoms with Gasteiger partial charge in [0.15, 0.2) is 6.10 Å². The predicted octanol–water partition coefficient (Wildman–Crippen LogP) is 1.33. The molecular formula is C14H28N2O3. The molecule has 112 valence electrons. The van der Waals surface area contributed by atoms with Crippen LogP contribution in [0, 0.1) is 0 Å². The first kappa shape index (κ1) is 16.4. The SMILES string of the molecule is CC(C)N(CCNCC1CCC(C(=O)O)O1)C(C)C. The minimum atomic E-state index is -0.840. The summed E-state index contributed by atoms with van der Waals surface area (Å²) in [6.07, 6.45) is 0.913. The Morgan fingerprint density at radius 2 is 1.95 bits per heavy atom. The summed E-state index contributed by atoms with van der Waals surface area (Å²) in [4.78, 5) is 13.2. The van der Waals surface area contributed by atoms with E-state index in [9.17, 15) is 4.79 Å². The topological polar surface area (TPSA) is 61.8 Å². The maximum atomic E-state index is 10.8. The van der Waals surface area contributed by atoms with Crippen molar-refractivity contribution < 1.29 is 14.6 Å². The molecule has 2 atom stereocenters. The highest BCUT2D eigenvalue weighted by Crippen LogP contribution is 2.19.